The minimum Gasteiger partial charge on any atom is -0.493 e. The van der Waals surface area contributed by atoms with Gasteiger partial charge in [0.15, 0.2) is 11.5 Å². The van der Waals surface area contributed by atoms with Crippen molar-refractivity contribution in [3.8, 4) is 11.5 Å². The largest absolute Gasteiger partial charge is 0.493 e. The van der Waals surface area contributed by atoms with Gasteiger partial charge in [0.2, 0.25) is 0 Å². The van der Waals surface area contributed by atoms with Crippen LogP contribution in [-0.2, 0) is 0 Å². The van der Waals surface area contributed by atoms with Crippen LogP contribution in [0, 0.1) is 0 Å². The highest BCUT2D eigenvalue weighted by molar-refractivity contribution is 5.66. The van der Waals surface area contributed by atoms with Gasteiger partial charge in [0.25, 0.3) is 0 Å². The van der Waals surface area contributed by atoms with Crippen LogP contribution in [-0.4, -0.2) is 36.2 Å². The number of hydrogen-bond donors (Lipinski definition) is 1. The van der Waals surface area contributed by atoms with Gasteiger partial charge in [0, 0.05) is 31.2 Å². The Morgan fingerprint density at radius 2 is 2.04 bits per heavy atom. The molecular weight excluding hydrogens is 328 g/mol. The SMILES string of the molecule is COc1cccc(N2CCC(N)CC2c2ccn3ccnc3c2)c1OC. The van der Waals surface area contributed by atoms with E-state index in [0.29, 0.717) is 0 Å². The molecule has 1 fully saturated rings. The zero-order valence-electron chi connectivity index (χ0n) is 15.1. The standard InChI is InChI=1S/C20H24N4O2/c1-25-18-5-3-4-16(20(18)26-2)24-10-7-15(21)13-17(24)14-6-9-23-11-8-22-19(23)12-14/h3-6,8-9,11-12,15,17H,7,10,13,21H2,1-2H3. The lowest BCUT2D eigenvalue weighted by molar-refractivity contribution is 0.350. The van der Waals surface area contributed by atoms with Crippen molar-refractivity contribution >= 4 is 11.3 Å². The topological polar surface area (TPSA) is 65.0 Å². The molecule has 3 aromatic rings. The maximum absolute atomic E-state index is 6.32. The lowest BCUT2D eigenvalue weighted by atomic mass is 9.92. The Morgan fingerprint density at radius 3 is 2.85 bits per heavy atom. The first-order valence-electron chi connectivity index (χ1n) is 8.87. The third kappa shape index (κ3) is 2.86. The zero-order valence-corrected chi connectivity index (χ0v) is 15.1. The molecule has 1 saturated heterocycles. The van der Waals surface area contributed by atoms with Gasteiger partial charge in [-0.2, -0.15) is 0 Å². The number of methoxy groups -OCH3 is 2. The van der Waals surface area contributed by atoms with Gasteiger partial charge in [-0.1, -0.05) is 6.07 Å². The molecule has 0 aliphatic carbocycles. The minimum atomic E-state index is 0.168. The number of pyridine rings is 1. The number of imidazole rings is 1. The summed E-state index contributed by atoms with van der Waals surface area (Å²) < 4.78 is 13.2. The normalized spacial score (nSPS) is 20.3. The fraction of sp³-hybridized carbons (Fsp3) is 0.350. The number of ether oxygens (including phenoxy) is 2. The molecule has 0 amide bonds. The van der Waals surface area contributed by atoms with Crippen molar-refractivity contribution in [2.45, 2.75) is 24.9 Å². The van der Waals surface area contributed by atoms with Gasteiger partial charge in [-0.15, -0.1) is 0 Å². The molecule has 3 heterocycles. The van der Waals surface area contributed by atoms with E-state index in [1.54, 1.807) is 14.2 Å². The van der Waals surface area contributed by atoms with Gasteiger partial charge in [0.1, 0.15) is 5.65 Å². The van der Waals surface area contributed by atoms with Crippen molar-refractivity contribution in [1.82, 2.24) is 9.38 Å². The molecule has 2 N–H and O–H groups in total. The molecule has 0 bridgehead atoms. The van der Waals surface area contributed by atoms with Crippen molar-refractivity contribution in [2.75, 3.05) is 25.7 Å². The van der Waals surface area contributed by atoms with Gasteiger partial charge in [-0.05, 0) is 42.7 Å². The number of rotatable bonds is 4. The van der Waals surface area contributed by atoms with Crippen LogP contribution in [0.15, 0.2) is 48.9 Å². The number of nitrogens with two attached hydrogens (primary N) is 1. The molecule has 1 aromatic carbocycles. The second-order valence-corrected chi connectivity index (χ2v) is 6.66. The van der Waals surface area contributed by atoms with E-state index in [4.69, 9.17) is 15.2 Å². The monoisotopic (exact) mass is 352 g/mol. The highest BCUT2D eigenvalue weighted by Gasteiger charge is 2.30. The zero-order chi connectivity index (χ0) is 18.1. The summed E-state index contributed by atoms with van der Waals surface area (Å²) in [5.74, 6) is 1.50. The number of para-hydroxylation sites is 1. The Labute approximate surface area is 153 Å². The summed E-state index contributed by atoms with van der Waals surface area (Å²) in [4.78, 5) is 6.80. The number of hydrogen-bond acceptors (Lipinski definition) is 5. The number of benzene rings is 1. The summed E-state index contributed by atoms with van der Waals surface area (Å²) in [6.45, 7) is 0.870. The Kier molecular flexibility index (Phi) is 4.42. The number of aromatic nitrogens is 2. The van der Waals surface area contributed by atoms with E-state index in [-0.39, 0.29) is 12.1 Å². The van der Waals surface area contributed by atoms with Crippen LogP contribution in [0.25, 0.3) is 5.65 Å². The number of fused-ring (bicyclic) bond motifs is 1. The average molecular weight is 352 g/mol. The van der Waals surface area contributed by atoms with Crippen LogP contribution in [0.2, 0.25) is 0 Å². The Balaban J connectivity index is 1.78. The molecule has 0 spiro atoms. The molecule has 6 nitrogen and oxygen atoms in total. The summed E-state index contributed by atoms with van der Waals surface area (Å²) in [6, 6.07) is 10.6. The summed E-state index contributed by atoms with van der Waals surface area (Å²) >= 11 is 0. The molecule has 0 radical (unpaired) electrons. The fourth-order valence-electron chi connectivity index (χ4n) is 3.83. The third-order valence-corrected chi connectivity index (χ3v) is 5.14. The highest BCUT2D eigenvalue weighted by atomic mass is 16.5. The van der Waals surface area contributed by atoms with Gasteiger partial charge in [-0.3, -0.25) is 0 Å². The van der Waals surface area contributed by atoms with E-state index < -0.39 is 0 Å². The van der Waals surface area contributed by atoms with Gasteiger partial charge < -0.3 is 24.5 Å². The predicted octanol–water partition coefficient (Wildman–Crippen LogP) is 3.02. The summed E-state index contributed by atoms with van der Waals surface area (Å²) in [6.07, 6.45) is 7.65. The molecular formula is C20H24N4O2. The van der Waals surface area contributed by atoms with E-state index in [2.05, 4.69) is 34.3 Å². The Bertz CT molecular complexity index is 908. The van der Waals surface area contributed by atoms with Crippen LogP contribution in [0.1, 0.15) is 24.4 Å². The molecule has 1 aliphatic rings. The molecule has 26 heavy (non-hydrogen) atoms. The second kappa shape index (κ2) is 6.88. The van der Waals surface area contributed by atoms with Crippen molar-refractivity contribution in [3.05, 3.63) is 54.5 Å². The molecule has 0 saturated carbocycles. The number of piperidine rings is 1. The molecule has 4 rings (SSSR count). The molecule has 6 heteroatoms. The Hall–Kier alpha value is -2.73. The molecule has 2 aromatic heterocycles. The van der Waals surface area contributed by atoms with Gasteiger partial charge >= 0.3 is 0 Å². The summed E-state index contributed by atoms with van der Waals surface area (Å²) in [7, 11) is 3.35. The van der Waals surface area contributed by atoms with Crippen LogP contribution < -0.4 is 20.1 Å². The van der Waals surface area contributed by atoms with E-state index in [1.165, 1.54) is 5.56 Å². The lowest BCUT2D eigenvalue weighted by Gasteiger charge is -2.41. The van der Waals surface area contributed by atoms with Crippen molar-refractivity contribution in [2.24, 2.45) is 5.73 Å². The number of anilines is 1. The maximum atomic E-state index is 6.32. The predicted molar refractivity (Wildman–Crippen MR) is 102 cm³/mol. The summed E-state index contributed by atoms with van der Waals surface area (Å²) in [5, 5.41) is 0. The Morgan fingerprint density at radius 1 is 1.15 bits per heavy atom. The van der Waals surface area contributed by atoms with E-state index in [1.807, 2.05) is 28.9 Å². The van der Waals surface area contributed by atoms with Crippen LogP contribution in [0.3, 0.4) is 0 Å². The first-order valence-corrected chi connectivity index (χ1v) is 8.87. The maximum Gasteiger partial charge on any atom is 0.184 e. The molecule has 2 unspecified atom stereocenters. The molecule has 1 aliphatic heterocycles. The average Bonchev–Trinajstić information content (AvgIpc) is 3.15. The van der Waals surface area contributed by atoms with E-state index in [9.17, 15) is 0 Å². The highest BCUT2D eigenvalue weighted by Crippen LogP contribution is 2.43. The second-order valence-electron chi connectivity index (χ2n) is 6.66. The van der Waals surface area contributed by atoms with Crippen molar-refractivity contribution < 1.29 is 9.47 Å². The van der Waals surface area contributed by atoms with Crippen molar-refractivity contribution in [3.63, 3.8) is 0 Å². The van der Waals surface area contributed by atoms with Crippen LogP contribution in [0.4, 0.5) is 5.69 Å². The molecule has 136 valence electrons. The number of nitrogens with zero attached hydrogens (tertiary/aromatic N) is 3. The fourth-order valence-corrected chi connectivity index (χ4v) is 3.83. The smallest absolute Gasteiger partial charge is 0.184 e. The summed E-state index contributed by atoms with van der Waals surface area (Å²) in [5.41, 5.74) is 9.51. The van der Waals surface area contributed by atoms with Gasteiger partial charge in [0.05, 0.1) is 25.9 Å². The first kappa shape index (κ1) is 16.7. The lowest BCUT2D eigenvalue weighted by Crippen LogP contribution is -2.42. The third-order valence-electron chi connectivity index (χ3n) is 5.14. The first-order chi connectivity index (χ1) is 12.7. The molecule has 2 atom stereocenters. The van der Waals surface area contributed by atoms with Crippen LogP contribution in [0.5, 0.6) is 11.5 Å². The van der Waals surface area contributed by atoms with Crippen molar-refractivity contribution in [1.29, 1.82) is 0 Å². The van der Waals surface area contributed by atoms with Gasteiger partial charge in [-0.25, -0.2) is 4.98 Å². The van der Waals surface area contributed by atoms with E-state index >= 15 is 0 Å². The van der Waals surface area contributed by atoms with Crippen LogP contribution >= 0.6 is 0 Å². The quantitative estimate of drug-likeness (QED) is 0.782. The van der Waals surface area contributed by atoms with E-state index in [0.717, 1.165) is 42.2 Å². The minimum absolute atomic E-state index is 0.168.